The van der Waals surface area contributed by atoms with Crippen molar-refractivity contribution in [3.63, 3.8) is 0 Å². The van der Waals surface area contributed by atoms with Crippen molar-refractivity contribution in [2.24, 2.45) is 11.8 Å². The Kier molecular flexibility index (Phi) is 19.1. The Hall–Kier alpha value is -3.90. The number of unbranched alkanes of at least 4 members (excludes halogenated alkanes) is 9. The van der Waals surface area contributed by atoms with Crippen LogP contribution >= 0.6 is 0 Å². The van der Waals surface area contributed by atoms with Crippen LogP contribution in [0.2, 0.25) is 0 Å². The van der Waals surface area contributed by atoms with Gasteiger partial charge in [-0.3, -0.25) is 0 Å². The summed E-state index contributed by atoms with van der Waals surface area (Å²) < 4.78 is 0. The Labute approximate surface area is 436 Å². The molecule has 5 aromatic rings. The van der Waals surface area contributed by atoms with Gasteiger partial charge in [0, 0.05) is 0 Å². The molecule has 0 saturated heterocycles. The molecule has 0 heteroatoms. The molecule has 0 bridgehead atoms. The van der Waals surface area contributed by atoms with Gasteiger partial charge in [0.1, 0.15) is 0 Å². The van der Waals surface area contributed by atoms with Crippen molar-refractivity contribution in [2.45, 2.75) is 250 Å². The first-order chi connectivity index (χ1) is 34.5. The molecule has 3 aliphatic carbocycles. The van der Waals surface area contributed by atoms with E-state index >= 15 is 0 Å². The smallest absolute Gasteiger partial charge is 0.00666 e. The molecule has 0 spiro atoms. The summed E-state index contributed by atoms with van der Waals surface area (Å²) in [6.45, 7) is 19.1. The number of rotatable bonds is 25. The van der Waals surface area contributed by atoms with E-state index in [0.717, 1.165) is 29.6 Å². The van der Waals surface area contributed by atoms with E-state index in [2.05, 4.69) is 165 Å². The van der Waals surface area contributed by atoms with Gasteiger partial charge in [-0.15, -0.1) is 0 Å². The first kappa shape index (κ1) is 53.4. The minimum Gasteiger partial charge on any atom is -0.0654 e. The highest BCUT2D eigenvalue weighted by Gasteiger charge is 2.45. The molecule has 8 rings (SSSR count). The molecule has 0 nitrogen and oxygen atoms in total. The molecule has 0 saturated carbocycles. The minimum absolute atomic E-state index is 0.159. The van der Waals surface area contributed by atoms with Gasteiger partial charge in [-0.2, -0.15) is 0 Å². The molecule has 71 heavy (non-hydrogen) atoms. The van der Waals surface area contributed by atoms with Gasteiger partial charge in [0.2, 0.25) is 0 Å². The maximum Gasteiger partial charge on any atom is -0.00666 e. The number of aryl methyl sites for hydroxylation is 4. The van der Waals surface area contributed by atoms with E-state index in [1.807, 2.05) is 0 Å². The van der Waals surface area contributed by atoms with Crippen molar-refractivity contribution in [2.75, 3.05) is 0 Å². The van der Waals surface area contributed by atoms with Crippen LogP contribution in [0.25, 0.3) is 11.1 Å². The third kappa shape index (κ3) is 13.5. The van der Waals surface area contributed by atoms with Crippen LogP contribution in [0, 0.1) is 18.8 Å². The van der Waals surface area contributed by atoms with Gasteiger partial charge in [-0.1, -0.05) is 247 Å². The van der Waals surface area contributed by atoms with Crippen LogP contribution in [-0.4, -0.2) is 0 Å². The van der Waals surface area contributed by atoms with E-state index in [0.29, 0.717) is 5.92 Å². The molecule has 0 radical (unpaired) electrons. The second-order valence-electron chi connectivity index (χ2n) is 25.2. The van der Waals surface area contributed by atoms with Crippen molar-refractivity contribution in [3.8, 4) is 11.1 Å². The van der Waals surface area contributed by atoms with E-state index in [9.17, 15) is 0 Å². The highest BCUT2D eigenvalue weighted by atomic mass is 14.5. The molecular formula is C71H98. The van der Waals surface area contributed by atoms with Crippen LogP contribution in [0.4, 0.5) is 0 Å². The van der Waals surface area contributed by atoms with Crippen molar-refractivity contribution in [1.82, 2.24) is 0 Å². The second kappa shape index (κ2) is 25.4. The van der Waals surface area contributed by atoms with Crippen LogP contribution < -0.4 is 0 Å². The normalized spacial score (nSPS) is 21.5. The fourth-order valence-corrected chi connectivity index (χ4v) is 14.6. The van der Waals surface area contributed by atoms with E-state index in [1.54, 1.807) is 33.4 Å². The van der Waals surface area contributed by atoms with Gasteiger partial charge in [-0.05, 0) is 192 Å². The van der Waals surface area contributed by atoms with Crippen molar-refractivity contribution in [3.05, 3.63) is 165 Å². The van der Waals surface area contributed by atoms with E-state index in [4.69, 9.17) is 0 Å². The van der Waals surface area contributed by atoms with Gasteiger partial charge in [0.15, 0.2) is 0 Å². The van der Waals surface area contributed by atoms with Crippen LogP contribution in [0.15, 0.2) is 109 Å². The first-order valence-corrected chi connectivity index (χ1v) is 30.0. The summed E-state index contributed by atoms with van der Waals surface area (Å²) in [6.07, 6.45) is 33.6. The van der Waals surface area contributed by atoms with Crippen LogP contribution in [0.3, 0.4) is 0 Å². The highest BCUT2D eigenvalue weighted by molar-refractivity contribution is 5.66. The van der Waals surface area contributed by atoms with E-state index in [1.165, 1.54) is 194 Å². The number of hydrogen-bond donors (Lipinski definition) is 0. The fourth-order valence-electron chi connectivity index (χ4n) is 14.6. The Morgan fingerprint density at radius 2 is 1.11 bits per heavy atom. The molecule has 382 valence electrons. The summed E-state index contributed by atoms with van der Waals surface area (Å²) in [5.41, 5.74) is 19.1. The molecule has 0 amide bonds. The summed E-state index contributed by atoms with van der Waals surface area (Å²) in [7, 11) is 0. The minimum atomic E-state index is 0.159. The van der Waals surface area contributed by atoms with E-state index in [-0.39, 0.29) is 10.8 Å². The SMILES string of the molecule is CCCCC1c2ccccc2C(CCCCCCCCc2ccc(CCC3CCCCc4ccc(-c5cccc(C(C)(C)C)c5)cc43)cc2)C1CCCCCC1C(CCCC)c2ccc(C)cc2C1(C)C. The van der Waals surface area contributed by atoms with E-state index < -0.39 is 0 Å². The molecule has 5 aromatic carbocycles. The molecule has 0 fully saturated rings. The maximum atomic E-state index is 2.57. The zero-order valence-corrected chi connectivity index (χ0v) is 46.5. The highest BCUT2D eigenvalue weighted by Crippen LogP contribution is 2.55. The predicted molar refractivity (Wildman–Crippen MR) is 310 cm³/mol. The number of fused-ring (bicyclic) bond motifs is 3. The Bertz CT molecular complexity index is 2400. The Morgan fingerprint density at radius 3 is 1.83 bits per heavy atom. The third-order valence-electron chi connectivity index (χ3n) is 18.8. The lowest BCUT2D eigenvalue weighted by Crippen LogP contribution is -2.26. The van der Waals surface area contributed by atoms with Crippen LogP contribution in [0.5, 0.6) is 0 Å². The molecule has 3 aliphatic rings. The van der Waals surface area contributed by atoms with Gasteiger partial charge in [0.05, 0.1) is 0 Å². The zero-order valence-electron chi connectivity index (χ0n) is 46.5. The topological polar surface area (TPSA) is 0 Å². The molecule has 6 atom stereocenters. The summed E-state index contributed by atoms with van der Waals surface area (Å²) in [6, 6.07) is 43.6. The predicted octanol–water partition coefficient (Wildman–Crippen LogP) is 21.2. The monoisotopic (exact) mass is 951 g/mol. The number of benzene rings is 5. The van der Waals surface area contributed by atoms with Crippen LogP contribution in [-0.2, 0) is 30.1 Å². The summed E-state index contributed by atoms with van der Waals surface area (Å²) in [5.74, 6) is 4.54. The van der Waals surface area contributed by atoms with Crippen molar-refractivity contribution in [1.29, 1.82) is 0 Å². The third-order valence-corrected chi connectivity index (χ3v) is 18.8. The van der Waals surface area contributed by atoms with Gasteiger partial charge in [-0.25, -0.2) is 0 Å². The fraction of sp³-hybridized carbons (Fsp3) is 0.577. The average molecular weight is 952 g/mol. The zero-order chi connectivity index (χ0) is 49.8. The quantitative estimate of drug-likeness (QED) is 0.0404. The standard InChI is InChI=1S/C71H98/c1-9-11-32-60-61(35-20-17-21-38-68-65(33-12-10-2)66-48-39-52(3)49-69(66)71(68,7)8)62(64-37-25-24-36-63(60)64)34-19-16-14-13-15-18-27-53-40-42-54(43-41-53)44-45-55-28-22-23-29-56-46-47-58(51-67(55)56)57-30-26-31-59(50-57)70(4,5)6/h24-26,30-31,36-37,39-43,46-51,55,60-62,65,68H,9-23,27-29,32-35,38,44-45H2,1-8H3. The molecule has 6 unspecified atom stereocenters. The lowest BCUT2D eigenvalue weighted by Gasteiger charge is -2.32. The Morgan fingerprint density at radius 1 is 0.493 bits per heavy atom. The second-order valence-corrected chi connectivity index (χ2v) is 25.2. The van der Waals surface area contributed by atoms with Gasteiger partial charge in [0.25, 0.3) is 0 Å². The Balaban J connectivity index is 0.769. The van der Waals surface area contributed by atoms with Crippen LogP contribution in [0.1, 0.15) is 269 Å². The number of hydrogen-bond acceptors (Lipinski definition) is 0. The molecule has 0 heterocycles. The average Bonchev–Trinajstić information content (AvgIpc) is 3.65. The molecule has 0 aromatic heterocycles. The lowest BCUT2D eigenvalue weighted by molar-refractivity contribution is 0.260. The lowest BCUT2D eigenvalue weighted by atomic mass is 9.72. The van der Waals surface area contributed by atoms with Crippen molar-refractivity contribution < 1.29 is 0 Å². The summed E-state index contributed by atoms with van der Waals surface area (Å²) in [5, 5.41) is 0. The largest absolute Gasteiger partial charge is 0.0654 e. The molecule has 0 N–H and O–H groups in total. The molecular weight excluding hydrogens is 853 g/mol. The van der Waals surface area contributed by atoms with Crippen molar-refractivity contribution >= 4 is 0 Å². The van der Waals surface area contributed by atoms with Gasteiger partial charge < -0.3 is 0 Å². The summed E-state index contributed by atoms with van der Waals surface area (Å²) >= 11 is 0. The first-order valence-electron chi connectivity index (χ1n) is 30.0. The molecule has 0 aliphatic heterocycles. The van der Waals surface area contributed by atoms with Gasteiger partial charge >= 0.3 is 0 Å². The summed E-state index contributed by atoms with van der Waals surface area (Å²) in [4.78, 5) is 0. The maximum absolute atomic E-state index is 2.57.